The van der Waals surface area contributed by atoms with Crippen molar-refractivity contribution in [3.8, 4) is 5.88 Å². The molecular formula is C17H27N3O3. The summed E-state index contributed by atoms with van der Waals surface area (Å²) in [6.07, 6.45) is 9.67. The van der Waals surface area contributed by atoms with Crippen LogP contribution >= 0.6 is 0 Å². The monoisotopic (exact) mass is 321 g/mol. The van der Waals surface area contributed by atoms with Crippen molar-refractivity contribution in [3.05, 3.63) is 18.6 Å². The van der Waals surface area contributed by atoms with Crippen molar-refractivity contribution in [3.63, 3.8) is 0 Å². The number of nitrogens with zero attached hydrogens (tertiary/aromatic N) is 3. The number of carbonyl (C=O) groups is 1. The highest BCUT2D eigenvalue weighted by Gasteiger charge is 2.29. The van der Waals surface area contributed by atoms with Crippen LogP contribution < -0.4 is 4.74 Å². The van der Waals surface area contributed by atoms with E-state index in [1.165, 1.54) is 0 Å². The molecule has 0 spiro atoms. The van der Waals surface area contributed by atoms with Gasteiger partial charge >= 0.3 is 6.09 Å². The Morgan fingerprint density at radius 3 is 2.87 bits per heavy atom. The molecule has 1 aliphatic heterocycles. The van der Waals surface area contributed by atoms with Gasteiger partial charge in [0.15, 0.2) is 0 Å². The number of ether oxygens (including phenoxy) is 2. The molecule has 0 N–H and O–H groups in total. The lowest BCUT2D eigenvalue weighted by Crippen LogP contribution is -2.46. The van der Waals surface area contributed by atoms with Crippen LogP contribution in [0.4, 0.5) is 4.79 Å². The molecule has 2 rings (SSSR count). The minimum Gasteiger partial charge on any atom is -0.477 e. The van der Waals surface area contributed by atoms with Gasteiger partial charge in [-0.05, 0) is 52.9 Å². The molecule has 1 fully saturated rings. The molecule has 0 bridgehead atoms. The summed E-state index contributed by atoms with van der Waals surface area (Å²) in [5.41, 5.74) is -0.450. The molecule has 0 saturated carbocycles. The van der Waals surface area contributed by atoms with Crippen LogP contribution in [0.1, 0.15) is 52.9 Å². The summed E-state index contributed by atoms with van der Waals surface area (Å²) < 4.78 is 11.1. The van der Waals surface area contributed by atoms with Crippen LogP contribution in [0.15, 0.2) is 18.6 Å². The third kappa shape index (κ3) is 6.04. The molecular weight excluding hydrogens is 294 g/mol. The van der Waals surface area contributed by atoms with Crippen molar-refractivity contribution in [1.82, 2.24) is 14.9 Å². The number of likely N-dealkylation sites (tertiary alicyclic amines) is 1. The Morgan fingerprint density at radius 1 is 1.35 bits per heavy atom. The lowest BCUT2D eigenvalue weighted by molar-refractivity contribution is 0.00822. The minimum atomic E-state index is -0.450. The summed E-state index contributed by atoms with van der Waals surface area (Å²) in [7, 11) is 0. The number of rotatable bonds is 5. The summed E-state index contributed by atoms with van der Waals surface area (Å²) >= 11 is 0. The first kappa shape index (κ1) is 17.5. The van der Waals surface area contributed by atoms with Gasteiger partial charge in [0.05, 0.1) is 12.8 Å². The van der Waals surface area contributed by atoms with Gasteiger partial charge in [0.2, 0.25) is 5.88 Å². The molecule has 0 radical (unpaired) electrons. The SMILES string of the molecule is CC(C)(C)OC(=O)N1CCCCC1CCCOc1cnccn1. The zero-order chi connectivity index (χ0) is 16.7. The minimum absolute atomic E-state index is 0.197. The van der Waals surface area contributed by atoms with Crippen LogP contribution in [0.3, 0.4) is 0 Å². The number of amides is 1. The molecule has 0 aromatic carbocycles. The molecule has 128 valence electrons. The predicted octanol–water partition coefficient (Wildman–Crippen LogP) is 3.43. The molecule has 1 unspecified atom stereocenters. The Hall–Kier alpha value is -1.85. The number of piperidine rings is 1. The zero-order valence-electron chi connectivity index (χ0n) is 14.3. The van der Waals surface area contributed by atoms with E-state index in [1.807, 2.05) is 25.7 Å². The van der Waals surface area contributed by atoms with Crippen LogP contribution in [0.25, 0.3) is 0 Å². The molecule has 23 heavy (non-hydrogen) atoms. The van der Waals surface area contributed by atoms with Crippen molar-refractivity contribution < 1.29 is 14.3 Å². The molecule has 6 heteroatoms. The van der Waals surface area contributed by atoms with E-state index in [0.29, 0.717) is 12.5 Å². The Bertz CT molecular complexity index is 488. The predicted molar refractivity (Wildman–Crippen MR) is 87.3 cm³/mol. The largest absolute Gasteiger partial charge is 0.477 e. The molecule has 1 amide bonds. The summed E-state index contributed by atoms with van der Waals surface area (Å²) in [4.78, 5) is 22.3. The highest BCUT2D eigenvalue weighted by atomic mass is 16.6. The van der Waals surface area contributed by atoms with Crippen LogP contribution in [-0.4, -0.2) is 45.8 Å². The molecule has 2 heterocycles. The first-order valence-corrected chi connectivity index (χ1v) is 8.34. The van der Waals surface area contributed by atoms with Gasteiger partial charge in [-0.1, -0.05) is 0 Å². The molecule has 1 saturated heterocycles. The third-order valence-electron chi connectivity index (χ3n) is 3.73. The fourth-order valence-corrected chi connectivity index (χ4v) is 2.72. The lowest BCUT2D eigenvalue weighted by atomic mass is 9.98. The van der Waals surface area contributed by atoms with E-state index >= 15 is 0 Å². The Morgan fingerprint density at radius 2 is 2.17 bits per heavy atom. The molecule has 0 aliphatic carbocycles. The van der Waals surface area contributed by atoms with Crippen molar-refractivity contribution in [2.45, 2.75) is 64.5 Å². The van der Waals surface area contributed by atoms with Gasteiger partial charge < -0.3 is 14.4 Å². The Labute approximate surface area is 138 Å². The third-order valence-corrected chi connectivity index (χ3v) is 3.73. The van der Waals surface area contributed by atoms with Crippen molar-refractivity contribution in [2.24, 2.45) is 0 Å². The molecule has 1 aliphatic rings. The van der Waals surface area contributed by atoms with Gasteiger partial charge in [0.1, 0.15) is 5.60 Å². The topological polar surface area (TPSA) is 64.5 Å². The van der Waals surface area contributed by atoms with E-state index in [9.17, 15) is 4.79 Å². The fourth-order valence-electron chi connectivity index (χ4n) is 2.72. The van der Waals surface area contributed by atoms with E-state index in [4.69, 9.17) is 9.47 Å². The average Bonchev–Trinajstić information content (AvgIpc) is 2.51. The second-order valence-corrected chi connectivity index (χ2v) is 6.86. The van der Waals surface area contributed by atoms with Gasteiger partial charge in [-0.15, -0.1) is 0 Å². The van der Waals surface area contributed by atoms with Gasteiger partial charge in [0, 0.05) is 25.0 Å². The molecule has 1 aromatic rings. The van der Waals surface area contributed by atoms with Crippen LogP contribution in [0.2, 0.25) is 0 Å². The summed E-state index contributed by atoms with van der Waals surface area (Å²) in [5, 5.41) is 0. The lowest BCUT2D eigenvalue weighted by Gasteiger charge is -2.36. The van der Waals surface area contributed by atoms with Crippen molar-refractivity contribution in [2.75, 3.05) is 13.2 Å². The average molecular weight is 321 g/mol. The van der Waals surface area contributed by atoms with Crippen LogP contribution in [-0.2, 0) is 4.74 Å². The Balaban J connectivity index is 1.78. The van der Waals surface area contributed by atoms with E-state index in [0.717, 1.165) is 38.6 Å². The van der Waals surface area contributed by atoms with Crippen molar-refractivity contribution >= 4 is 6.09 Å². The highest BCUT2D eigenvalue weighted by Crippen LogP contribution is 2.23. The number of aromatic nitrogens is 2. The van der Waals surface area contributed by atoms with E-state index < -0.39 is 5.60 Å². The normalized spacial score (nSPS) is 18.6. The molecule has 1 atom stereocenters. The number of carbonyl (C=O) groups excluding carboxylic acids is 1. The second kappa shape index (κ2) is 8.13. The van der Waals surface area contributed by atoms with Gasteiger partial charge in [0.25, 0.3) is 0 Å². The maximum atomic E-state index is 12.3. The van der Waals surface area contributed by atoms with E-state index in [-0.39, 0.29) is 12.1 Å². The smallest absolute Gasteiger partial charge is 0.410 e. The zero-order valence-corrected chi connectivity index (χ0v) is 14.3. The first-order valence-electron chi connectivity index (χ1n) is 8.34. The van der Waals surface area contributed by atoms with E-state index in [2.05, 4.69) is 9.97 Å². The number of hydrogen-bond donors (Lipinski definition) is 0. The summed E-state index contributed by atoms with van der Waals surface area (Å²) in [6.45, 7) is 7.07. The van der Waals surface area contributed by atoms with E-state index in [1.54, 1.807) is 18.6 Å². The fraction of sp³-hybridized carbons (Fsp3) is 0.706. The standard InChI is InChI=1S/C17H27N3O3/c1-17(2,3)23-16(21)20-11-5-4-7-14(20)8-6-12-22-15-13-18-9-10-19-15/h9-10,13-14H,4-8,11-12H2,1-3H3. The second-order valence-electron chi connectivity index (χ2n) is 6.86. The summed E-state index contributed by atoms with van der Waals surface area (Å²) in [5.74, 6) is 0.542. The van der Waals surface area contributed by atoms with Gasteiger partial charge in [-0.2, -0.15) is 0 Å². The number of hydrogen-bond acceptors (Lipinski definition) is 5. The molecule has 6 nitrogen and oxygen atoms in total. The maximum absolute atomic E-state index is 12.3. The van der Waals surface area contributed by atoms with Gasteiger partial charge in [-0.3, -0.25) is 4.98 Å². The van der Waals surface area contributed by atoms with Crippen LogP contribution in [0.5, 0.6) is 5.88 Å². The van der Waals surface area contributed by atoms with Crippen molar-refractivity contribution in [1.29, 1.82) is 0 Å². The maximum Gasteiger partial charge on any atom is 0.410 e. The van der Waals surface area contributed by atoms with Gasteiger partial charge in [-0.25, -0.2) is 9.78 Å². The first-order chi connectivity index (χ1) is 11.0. The Kier molecular flexibility index (Phi) is 6.19. The quantitative estimate of drug-likeness (QED) is 0.777. The molecule has 1 aromatic heterocycles. The summed E-state index contributed by atoms with van der Waals surface area (Å²) in [6, 6.07) is 0.240. The highest BCUT2D eigenvalue weighted by molar-refractivity contribution is 5.68. The van der Waals surface area contributed by atoms with Crippen LogP contribution in [0, 0.1) is 0 Å².